The molecule has 0 radical (unpaired) electrons. The Balaban J connectivity index is 4.02. The van der Waals surface area contributed by atoms with Gasteiger partial charge >= 0.3 is 17.9 Å². The average Bonchev–Trinajstić information content (AvgIpc) is 3.36. The second kappa shape index (κ2) is 59.5. The van der Waals surface area contributed by atoms with Gasteiger partial charge in [-0.3, -0.25) is 14.4 Å². The first kappa shape index (κ1) is 67.9. The van der Waals surface area contributed by atoms with Gasteiger partial charge in [-0.25, -0.2) is 0 Å². The summed E-state index contributed by atoms with van der Waals surface area (Å²) >= 11 is 0. The molecule has 0 N–H and O–H groups in total. The number of hydrogen-bond donors (Lipinski definition) is 0. The maximum absolute atomic E-state index is 12.8. The fourth-order valence-electron chi connectivity index (χ4n) is 9.44. The molecule has 0 saturated carbocycles. The third-order valence-corrected chi connectivity index (χ3v) is 14.2. The Morgan fingerprint density at radius 1 is 0.271 bits per heavy atom. The molecule has 0 aliphatic heterocycles. The third-order valence-electron chi connectivity index (χ3n) is 14.2. The fourth-order valence-corrected chi connectivity index (χ4v) is 9.44. The Kier molecular flexibility index (Phi) is 57.7. The van der Waals surface area contributed by atoms with Gasteiger partial charge in [-0.15, -0.1) is 0 Å². The van der Waals surface area contributed by atoms with E-state index in [2.05, 4.69) is 45.1 Å². The van der Waals surface area contributed by atoms with Crippen LogP contribution >= 0.6 is 0 Å². The number of ether oxygens (including phenoxy) is 3. The van der Waals surface area contributed by atoms with Crippen molar-refractivity contribution in [3.05, 3.63) is 24.3 Å². The Morgan fingerprint density at radius 2 is 0.471 bits per heavy atom. The summed E-state index contributed by atoms with van der Waals surface area (Å²) in [7, 11) is 0. The van der Waals surface area contributed by atoms with Crippen LogP contribution in [0.5, 0.6) is 0 Å². The van der Waals surface area contributed by atoms with Crippen LogP contribution in [0.3, 0.4) is 0 Å². The van der Waals surface area contributed by atoms with Crippen molar-refractivity contribution >= 4 is 17.9 Å². The van der Waals surface area contributed by atoms with E-state index in [4.69, 9.17) is 14.2 Å². The summed E-state index contributed by atoms with van der Waals surface area (Å²) in [6.45, 7) is 6.63. The van der Waals surface area contributed by atoms with Gasteiger partial charge in [0.2, 0.25) is 0 Å². The van der Waals surface area contributed by atoms with E-state index in [1.54, 1.807) is 0 Å². The van der Waals surface area contributed by atoms with Crippen LogP contribution in [-0.4, -0.2) is 37.2 Å². The molecule has 0 amide bonds. The van der Waals surface area contributed by atoms with E-state index in [1.165, 1.54) is 250 Å². The standard InChI is InChI=1S/C64H120O6/c1-4-7-10-13-16-18-20-22-24-26-28-29-30-31-32-33-34-35-37-38-40-42-44-46-48-51-54-57-63(66)69-60-61(59-68-62(65)56-53-50-15-12-9-6-3)70-64(67)58-55-52-49-47-45-43-41-39-36-27-25-23-21-19-17-14-11-8-5-2/h23,25-26,28,61H,4-22,24,27,29-60H2,1-3H3/b25-23-,28-26-. The molecule has 1 unspecified atom stereocenters. The zero-order valence-corrected chi connectivity index (χ0v) is 47.3. The van der Waals surface area contributed by atoms with Crippen LogP contribution in [0, 0.1) is 0 Å². The minimum Gasteiger partial charge on any atom is -0.462 e. The van der Waals surface area contributed by atoms with Gasteiger partial charge in [-0.2, -0.15) is 0 Å². The molecule has 0 rings (SSSR count). The molecule has 70 heavy (non-hydrogen) atoms. The van der Waals surface area contributed by atoms with Gasteiger partial charge in [0.05, 0.1) is 0 Å². The van der Waals surface area contributed by atoms with Gasteiger partial charge in [0.1, 0.15) is 13.2 Å². The van der Waals surface area contributed by atoms with E-state index >= 15 is 0 Å². The molecule has 412 valence electrons. The van der Waals surface area contributed by atoms with Gasteiger partial charge in [0, 0.05) is 19.3 Å². The summed E-state index contributed by atoms with van der Waals surface area (Å²) in [4.78, 5) is 37.9. The molecule has 0 aromatic heterocycles. The molecule has 1 atom stereocenters. The molecule has 0 aromatic carbocycles. The van der Waals surface area contributed by atoms with Crippen molar-refractivity contribution in [1.29, 1.82) is 0 Å². The second-order valence-electron chi connectivity index (χ2n) is 21.3. The summed E-state index contributed by atoms with van der Waals surface area (Å²) in [5.41, 5.74) is 0. The van der Waals surface area contributed by atoms with Crippen molar-refractivity contribution < 1.29 is 28.6 Å². The van der Waals surface area contributed by atoms with Crippen LogP contribution in [0.2, 0.25) is 0 Å². The van der Waals surface area contributed by atoms with Crippen LogP contribution in [-0.2, 0) is 28.6 Å². The fraction of sp³-hybridized carbons (Fsp3) is 0.891. The highest BCUT2D eigenvalue weighted by Crippen LogP contribution is 2.17. The minimum absolute atomic E-state index is 0.0678. The first-order chi connectivity index (χ1) is 34.5. The summed E-state index contributed by atoms with van der Waals surface area (Å²) in [5, 5.41) is 0. The Labute approximate surface area is 436 Å². The van der Waals surface area contributed by atoms with E-state index in [9.17, 15) is 14.4 Å². The SMILES string of the molecule is CCCCCCCC/C=C\CCCCCCCCCCCC(=O)OC(COC(=O)CCCCCCCC)COC(=O)CCCCCCCCCCCCCCCCC/C=C\CCCCCCCCCC. The highest BCUT2D eigenvalue weighted by molar-refractivity contribution is 5.71. The van der Waals surface area contributed by atoms with Crippen molar-refractivity contribution in [2.24, 2.45) is 0 Å². The maximum Gasteiger partial charge on any atom is 0.306 e. The largest absolute Gasteiger partial charge is 0.462 e. The number of hydrogen-bond acceptors (Lipinski definition) is 6. The molecule has 0 aliphatic rings. The molecule has 0 bridgehead atoms. The first-order valence-corrected chi connectivity index (χ1v) is 31.3. The number of unbranched alkanes of at least 4 members (excludes halogenated alkanes) is 43. The van der Waals surface area contributed by atoms with Gasteiger partial charge in [-0.1, -0.05) is 283 Å². The molecule has 0 heterocycles. The summed E-state index contributed by atoms with van der Waals surface area (Å²) in [5.74, 6) is -0.859. The molecule has 0 fully saturated rings. The van der Waals surface area contributed by atoms with Gasteiger partial charge in [0.15, 0.2) is 6.10 Å². The van der Waals surface area contributed by atoms with E-state index < -0.39 is 6.10 Å². The van der Waals surface area contributed by atoms with Crippen LogP contribution < -0.4 is 0 Å². The Hall–Kier alpha value is -2.11. The van der Waals surface area contributed by atoms with Gasteiger partial charge < -0.3 is 14.2 Å². The van der Waals surface area contributed by atoms with Crippen LogP contribution in [0.25, 0.3) is 0 Å². The highest BCUT2D eigenvalue weighted by Gasteiger charge is 2.19. The molecule has 6 nitrogen and oxygen atoms in total. The summed E-state index contributed by atoms with van der Waals surface area (Å²) in [6.07, 6.45) is 70.8. The number of esters is 3. The Bertz CT molecular complexity index is 1130. The molecular formula is C64H120O6. The topological polar surface area (TPSA) is 78.9 Å². The lowest BCUT2D eigenvalue weighted by Crippen LogP contribution is -2.30. The van der Waals surface area contributed by atoms with Gasteiger partial charge in [-0.05, 0) is 70.6 Å². The van der Waals surface area contributed by atoms with Crippen LogP contribution in [0.15, 0.2) is 24.3 Å². The zero-order valence-electron chi connectivity index (χ0n) is 47.3. The van der Waals surface area contributed by atoms with Crippen molar-refractivity contribution in [3.8, 4) is 0 Å². The normalized spacial score (nSPS) is 12.1. The highest BCUT2D eigenvalue weighted by atomic mass is 16.6. The molecule has 0 aliphatic carbocycles. The van der Waals surface area contributed by atoms with Gasteiger partial charge in [0.25, 0.3) is 0 Å². The van der Waals surface area contributed by atoms with E-state index in [0.29, 0.717) is 19.3 Å². The second-order valence-corrected chi connectivity index (χ2v) is 21.3. The van der Waals surface area contributed by atoms with Crippen molar-refractivity contribution in [1.82, 2.24) is 0 Å². The lowest BCUT2D eigenvalue weighted by atomic mass is 10.0. The number of allylic oxidation sites excluding steroid dienone is 4. The third kappa shape index (κ3) is 56.8. The quantitative estimate of drug-likeness (QED) is 0.0261. The number of carbonyl (C=O) groups excluding carboxylic acids is 3. The van der Waals surface area contributed by atoms with Crippen LogP contribution in [0.4, 0.5) is 0 Å². The van der Waals surface area contributed by atoms with Crippen LogP contribution in [0.1, 0.15) is 348 Å². The zero-order chi connectivity index (χ0) is 50.7. The minimum atomic E-state index is -0.766. The molecule has 0 spiro atoms. The lowest BCUT2D eigenvalue weighted by molar-refractivity contribution is -0.167. The number of rotatable bonds is 58. The smallest absolute Gasteiger partial charge is 0.306 e. The first-order valence-electron chi connectivity index (χ1n) is 31.3. The van der Waals surface area contributed by atoms with E-state index in [0.717, 1.165) is 57.8 Å². The van der Waals surface area contributed by atoms with Crippen molar-refractivity contribution in [2.45, 2.75) is 354 Å². The van der Waals surface area contributed by atoms with E-state index in [1.807, 2.05) is 0 Å². The predicted molar refractivity (Wildman–Crippen MR) is 303 cm³/mol. The lowest BCUT2D eigenvalue weighted by Gasteiger charge is -2.18. The Morgan fingerprint density at radius 3 is 0.714 bits per heavy atom. The molecule has 0 saturated heterocycles. The summed E-state index contributed by atoms with van der Waals surface area (Å²) < 4.78 is 16.8. The van der Waals surface area contributed by atoms with Crippen molar-refractivity contribution in [3.63, 3.8) is 0 Å². The maximum atomic E-state index is 12.8. The van der Waals surface area contributed by atoms with Crippen molar-refractivity contribution in [2.75, 3.05) is 13.2 Å². The molecule has 0 aromatic rings. The molecule has 6 heteroatoms. The average molecular weight is 986 g/mol. The predicted octanol–water partition coefficient (Wildman–Crippen LogP) is 21.1. The summed E-state index contributed by atoms with van der Waals surface area (Å²) in [6, 6.07) is 0. The number of carbonyl (C=O) groups is 3. The molecular weight excluding hydrogens is 865 g/mol. The monoisotopic (exact) mass is 985 g/mol. The van der Waals surface area contributed by atoms with E-state index in [-0.39, 0.29) is 31.1 Å².